The lowest BCUT2D eigenvalue weighted by Gasteiger charge is -2.17. The van der Waals surface area contributed by atoms with Gasteiger partial charge in [-0.2, -0.15) is 0 Å². The fraction of sp³-hybridized carbons (Fsp3) is 0.438. The molecule has 1 rings (SSSR count). The molecular formula is C16H23NO3. The molecule has 1 aromatic rings. The molecule has 0 saturated carbocycles. The number of carbonyl (C=O) groups excluding carboxylic acids is 1. The van der Waals surface area contributed by atoms with Crippen LogP contribution in [0.5, 0.6) is 5.75 Å². The summed E-state index contributed by atoms with van der Waals surface area (Å²) in [4.78, 5) is 12.0. The van der Waals surface area contributed by atoms with Crippen molar-refractivity contribution in [1.82, 2.24) is 5.32 Å². The highest BCUT2D eigenvalue weighted by Crippen LogP contribution is 2.20. The van der Waals surface area contributed by atoms with Crippen LogP contribution in [0.1, 0.15) is 31.9 Å². The number of benzene rings is 1. The zero-order valence-electron chi connectivity index (χ0n) is 12.2. The fourth-order valence-corrected chi connectivity index (χ4v) is 1.77. The minimum Gasteiger partial charge on any atom is -0.494 e. The van der Waals surface area contributed by atoms with E-state index in [1.807, 2.05) is 24.3 Å². The molecule has 0 aliphatic heterocycles. The minimum atomic E-state index is -0.502. The van der Waals surface area contributed by atoms with Crippen molar-refractivity contribution in [3.63, 3.8) is 0 Å². The van der Waals surface area contributed by atoms with E-state index in [2.05, 4.69) is 18.8 Å². The van der Waals surface area contributed by atoms with Gasteiger partial charge in [-0.3, -0.25) is 5.32 Å². The average molecular weight is 277 g/mol. The lowest BCUT2D eigenvalue weighted by atomic mass is 10.1. The molecule has 0 radical (unpaired) electrons. The van der Waals surface area contributed by atoms with Crippen LogP contribution < -0.4 is 10.1 Å². The van der Waals surface area contributed by atoms with E-state index in [0.717, 1.165) is 17.7 Å². The largest absolute Gasteiger partial charge is 0.494 e. The van der Waals surface area contributed by atoms with Gasteiger partial charge in [0, 0.05) is 6.54 Å². The van der Waals surface area contributed by atoms with Crippen LogP contribution in [-0.4, -0.2) is 25.7 Å². The summed E-state index contributed by atoms with van der Waals surface area (Å²) in [6, 6.07) is 7.01. The molecule has 0 spiro atoms. The molecule has 1 atom stereocenters. The van der Waals surface area contributed by atoms with Gasteiger partial charge < -0.3 is 9.47 Å². The zero-order valence-corrected chi connectivity index (χ0v) is 12.2. The molecule has 0 bridgehead atoms. The zero-order chi connectivity index (χ0) is 14.8. The summed E-state index contributed by atoms with van der Waals surface area (Å²) in [5.74, 6) is 0.473. The van der Waals surface area contributed by atoms with Crippen LogP contribution in [0.15, 0.2) is 36.9 Å². The maximum absolute atomic E-state index is 12.0. The predicted octanol–water partition coefficient (Wildman–Crippen LogP) is 2.86. The first-order valence-corrected chi connectivity index (χ1v) is 6.96. The van der Waals surface area contributed by atoms with Gasteiger partial charge in [-0.1, -0.05) is 25.1 Å². The van der Waals surface area contributed by atoms with E-state index in [4.69, 9.17) is 9.47 Å². The molecule has 0 amide bonds. The second kappa shape index (κ2) is 9.15. The minimum absolute atomic E-state index is 0.290. The van der Waals surface area contributed by atoms with E-state index < -0.39 is 6.04 Å². The Morgan fingerprint density at radius 3 is 2.90 bits per heavy atom. The molecule has 0 aliphatic carbocycles. The summed E-state index contributed by atoms with van der Waals surface area (Å²) in [5, 5.41) is 3.11. The molecular weight excluding hydrogens is 254 g/mol. The molecule has 0 heterocycles. The Morgan fingerprint density at radius 2 is 2.25 bits per heavy atom. The molecule has 1 aromatic carbocycles. The predicted molar refractivity (Wildman–Crippen MR) is 79.8 cm³/mol. The Kier molecular flexibility index (Phi) is 7.43. The highest BCUT2D eigenvalue weighted by atomic mass is 16.5. The standard InChI is InChI=1S/C16H23NO3/c1-4-10-17-15(16(18)19-6-3)13-8-7-9-14(12-13)20-11-5-2/h4,7-9,12,15,17H,1,5-6,10-11H2,2-3H3. The molecule has 4 heteroatoms. The maximum atomic E-state index is 12.0. The first-order chi connectivity index (χ1) is 9.72. The van der Waals surface area contributed by atoms with Gasteiger partial charge in [0.25, 0.3) is 0 Å². The molecule has 0 aliphatic rings. The van der Waals surface area contributed by atoms with Crippen LogP contribution in [0.25, 0.3) is 0 Å². The van der Waals surface area contributed by atoms with Gasteiger partial charge in [0.1, 0.15) is 11.8 Å². The quantitative estimate of drug-likeness (QED) is 0.557. The van der Waals surface area contributed by atoms with Crippen molar-refractivity contribution in [3.8, 4) is 5.75 Å². The summed E-state index contributed by atoms with van der Waals surface area (Å²) in [7, 11) is 0. The maximum Gasteiger partial charge on any atom is 0.327 e. The van der Waals surface area contributed by atoms with E-state index >= 15 is 0 Å². The van der Waals surface area contributed by atoms with Gasteiger partial charge in [-0.05, 0) is 31.0 Å². The van der Waals surface area contributed by atoms with Gasteiger partial charge >= 0.3 is 5.97 Å². The van der Waals surface area contributed by atoms with Crippen molar-refractivity contribution < 1.29 is 14.3 Å². The van der Waals surface area contributed by atoms with E-state index in [9.17, 15) is 4.79 Å². The Labute approximate surface area is 120 Å². The van der Waals surface area contributed by atoms with Gasteiger partial charge in [-0.15, -0.1) is 6.58 Å². The average Bonchev–Trinajstić information content (AvgIpc) is 2.46. The summed E-state index contributed by atoms with van der Waals surface area (Å²) in [6.07, 6.45) is 2.66. The van der Waals surface area contributed by atoms with Crippen LogP contribution in [0.4, 0.5) is 0 Å². The number of rotatable bonds is 9. The monoisotopic (exact) mass is 277 g/mol. The third-order valence-electron chi connectivity index (χ3n) is 2.65. The Balaban J connectivity index is 2.88. The van der Waals surface area contributed by atoms with Gasteiger partial charge in [0.15, 0.2) is 0 Å². The third kappa shape index (κ3) is 5.05. The van der Waals surface area contributed by atoms with Crippen molar-refractivity contribution >= 4 is 5.97 Å². The lowest BCUT2D eigenvalue weighted by molar-refractivity contribution is -0.145. The molecule has 1 unspecified atom stereocenters. The number of carbonyl (C=O) groups is 1. The Hall–Kier alpha value is -1.81. The number of hydrogen-bond acceptors (Lipinski definition) is 4. The highest BCUT2D eigenvalue weighted by Gasteiger charge is 2.21. The number of nitrogens with one attached hydrogen (secondary N) is 1. The summed E-state index contributed by atoms with van der Waals surface area (Å²) in [6.45, 7) is 9.05. The van der Waals surface area contributed by atoms with Crippen molar-refractivity contribution in [2.45, 2.75) is 26.3 Å². The Bertz CT molecular complexity index is 431. The smallest absolute Gasteiger partial charge is 0.327 e. The SMILES string of the molecule is C=CCNC(C(=O)OCC)c1cccc(OCCC)c1. The van der Waals surface area contributed by atoms with Gasteiger partial charge in [-0.25, -0.2) is 4.79 Å². The second-order valence-electron chi connectivity index (χ2n) is 4.30. The molecule has 4 nitrogen and oxygen atoms in total. The lowest BCUT2D eigenvalue weighted by Crippen LogP contribution is -2.30. The molecule has 1 N–H and O–H groups in total. The van der Waals surface area contributed by atoms with Crippen molar-refractivity contribution in [3.05, 3.63) is 42.5 Å². The van der Waals surface area contributed by atoms with Crippen molar-refractivity contribution in [2.75, 3.05) is 19.8 Å². The highest BCUT2D eigenvalue weighted by molar-refractivity contribution is 5.77. The summed E-state index contributed by atoms with van der Waals surface area (Å²) in [5.41, 5.74) is 0.832. The van der Waals surface area contributed by atoms with E-state index in [1.165, 1.54) is 0 Å². The molecule has 0 saturated heterocycles. The van der Waals surface area contributed by atoms with E-state index in [-0.39, 0.29) is 5.97 Å². The first-order valence-electron chi connectivity index (χ1n) is 6.96. The number of ether oxygens (including phenoxy) is 2. The van der Waals surface area contributed by atoms with Crippen LogP contribution in [0, 0.1) is 0 Å². The van der Waals surface area contributed by atoms with Crippen LogP contribution >= 0.6 is 0 Å². The van der Waals surface area contributed by atoms with E-state index in [1.54, 1.807) is 13.0 Å². The molecule has 0 aromatic heterocycles. The molecule has 0 fully saturated rings. The topological polar surface area (TPSA) is 47.6 Å². The molecule has 20 heavy (non-hydrogen) atoms. The number of hydrogen-bond donors (Lipinski definition) is 1. The first kappa shape index (κ1) is 16.2. The normalized spacial score (nSPS) is 11.7. The Morgan fingerprint density at radius 1 is 1.45 bits per heavy atom. The second-order valence-corrected chi connectivity index (χ2v) is 4.30. The van der Waals surface area contributed by atoms with Crippen molar-refractivity contribution in [2.24, 2.45) is 0 Å². The number of esters is 1. The van der Waals surface area contributed by atoms with Gasteiger partial charge in [0.05, 0.1) is 13.2 Å². The third-order valence-corrected chi connectivity index (χ3v) is 2.65. The van der Waals surface area contributed by atoms with Crippen molar-refractivity contribution in [1.29, 1.82) is 0 Å². The summed E-state index contributed by atoms with van der Waals surface area (Å²) < 4.78 is 10.7. The van der Waals surface area contributed by atoms with Gasteiger partial charge in [0.2, 0.25) is 0 Å². The van der Waals surface area contributed by atoms with Crippen LogP contribution in [0.3, 0.4) is 0 Å². The summed E-state index contributed by atoms with van der Waals surface area (Å²) >= 11 is 0. The molecule has 110 valence electrons. The van der Waals surface area contributed by atoms with Crippen LogP contribution in [-0.2, 0) is 9.53 Å². The van der Waals surface area contributed by atoms with E-state index in [0.29, 0.717) is 19.8 Å². The fourth-order valence-electron chi connectivity index (χ4n) is 1.77. The van der Waals surface area contributed by atoms with Crippen LogP contribution in [0.2, 0.25) is 0 Å².